The fourth-order valence-corrected chi connectivity index (χ4v) is 1.36. The Morgan fingerprint density at radius 2 is 2.58 bits per heavy atom. The van der Waals surface area contributed by atoms with Crippen LogP contribution in [0.4, 0.5) is 0 Å². The molecule has 0 aromatic carbocycles. The molecule has 1 aliphatic rings. The molecule has 1 heterocycles. The van der Waals surface area contributed by atoms with Crippen LogP contribution in [0.5, 0.6) is 0 Å². The molecule has 0 aromatic rings. The van der Waals surface area contributed by atoms with Crippen molar-refractivity contribution >= 4 is 5.91 Å². The fourth-order valence-electron chi connectivity index (χ4n) is 1.36. The van der Waals surface area contributed by atoms with E-state index in [1.807, 2.05) is 0 Å². The molecule has 0 radical (unpaired) electrons. The Bertz CT molecular complexity index is 232. The van der Waals surface area contributed by atoms with Crippen LogP contribution in [-0.2, 0) is 4.79 Å². The molecule has 5 nitrogen and oxygen atoms in total. The molecule has 0 aromatic heterocycles. The highest BCUT2D eigenvalue weighted by Gasteiger charge is 2.27. The monoisotopic (exact) mass is 166 g/mol. The second-order valence-electron chi connectivity index (χ2n) is 2.69. The van der Waals surface area contributed by atoms with E-state index in [2.05, 4.69) is 11.2 Å². The van der Waals surface area contributed by atoms with Crippen molar-refractivity contribution in [1.82, 2.24) is 4.90 Å². The average molecular weight is 166 g/mol. The minimum atomic E-state index is -0.292. The van der Waals surface area contributed by atoms with Crippen LogP contribution in [0.15, 0.2) is 5.11 Å². The van der Waals surface area contributed by atoms with Gasteiger partial charge in [-0.1, -0.05) is 0 Å². The maximum absolute atomic E-state index is 11.2. The molecule has 1 aliphatic heterocycles. The van der Waals surface area contributed by atoms with Crippen molar-refractivity contribution in [3.05, 3.63) is 0 Å². The maximum Gasteiger partial charge on any atom is 0.247 e. The molecule has 1 saturated heterocycles. The van der Waals surface area contributed by atoms with E-state index in [1.165, 1.54) is 4.90 Å². The van der Waals surface area contributed by atoms with E-state index in [9.17, 15) is 4.79 Å². The number of likely N-dealkylation sites (tertiary alicyclic amines) is 1. The quantitative estimate of drug-likeness (QED) is 0.607. The predicted molar refractivity (Wildman–Crippen MR) is 40.4 cm³/mol. The van der Waals surface area contributed by atoms with Gasteiger partial charge in [-0.15, -0.1) is 0 Å². The Morgan fingerprint density at radius 3 is 3.17 bits per heavy atom. The van der Waals surface area contributed by atoms with Gasteiger partial charge in [-0.2, -0.15) is 10.4 Å². The van der Waals surface area contributed by atoms with Crippen molar-refractivity contribution in [2.24, 2.45) is 5.11 Å². The molecular weight excluding hydrogens is 156 g/mol. The number of nitrogens with zero attached hydrogens (tertiary/aromatic N) is 3. The highest BCUT2D eigenvalue weighted by Crippen LogP contribution is 2.16. The zero-order valence-electron chi connectivity index (χ0n) is 6.66. The first-order valence-corrected chi connectivity index (χ1v) is 3.82. The van der Waals surface area contributed by atoms with Crippen molar-refractivity contribution in [3.8, 4) is 6.07 Å². The van der Waals surface area contributed by atoms with Crippen molar-refractivity contribution in [2.45, 2.75) is 18.9 Å². The van der Waals surface area contributed by atoms with E-state index in [0.717, 1.165) is 12.8 Å². The van der Waals surface area contributed by atoms with Crippen molar-refractivity contribution in [3.63, 3.8) is 0 Å². The summed E-state index contributed by atoms with van der Waals surface area (Å²) in [5.41, 5.74) is 6.51. The van der Waals surface area contributed by atoms with E-state index >= 15 is 0 Å². The maximum atomic E-state index is 11.2. The van der Waals surface area contributed by atoms with E-state index in [0.29, 0.717) is 6.54 Å². The molecule has 5 heteroatoms. The number of rotatable bonds is 2. The molecule has 1 rings (SSSR count). The minimum absolute atomic E-state index is 0.127. The Labute approximate surface area is 70.5 Å². The number of carbonyl (C=O) groups excluding carboxylic acids is 1. The number of amides is 1. The smallest absolute Gasteiger partial charge is 0.247 e. The minimum Gasteiger partial charge on any atom is -0.325 e. The molecule has 1 atom stereocenters. The van der Waals surface area contributed by atoms with E-state index < -0.39 is 0 Å². The van der Waals surface area contributed by atoms with Gasteiger partial charge >= 0.3 is 0 Å². The van der Waals surface area contributed by atoms with Gasteiger partial charge in [-0.25, -0.2) is 5.53 Å². The predicted octanol–water partition coefficient (Wildman–Crippen LogP) is 0.532. The lowest BCUT2D eigenvalue weighted by atomic mass is 10.2. The zero-order chi connectivity index (χ0) is 8.97. The summed E-state index contributed by atoms with van der Waals surface area (Å²) in [6, 6.07) is 1.76. The van der Waals surface area contributed by atoms with E-state index in [-0.39, 0.29) is 18.5 Å². The zero-order valence-corrected chi connectivity index (χ0v) is 6.66. The highest BCUT2D eigenvalue weighted by atomic mass is 16.2. The number of nitriles is 1. The van der Waals surface area contributed by atoms with Gasteiger partial charge in [0.2, 0.25) is 5.91 Å². The van der Waals surface area contributed by atoms with Crippen LogP contribution in [0, 0.1) is 16.9 Å². The SMILES string of the molecule is N#C[C@@H]1CCCN1C(=O)CN=N. The van der Waals surface area contributed by atoms with Crippen LogP contribution in [0.3, 0.4) is 0 Å². The van der Waals surface area contributed by atoms with Gasteiger partial charge in [0.05, 0.1) is 6.07 Å². The van der Waals surface area contributed by atoms with Crippen LogP contribution >= 0.6 is 0 Å². The summed E-state index contributed by atoms with van der Waals surface area (Å²) in [4.78, 5) is 12.7. The molecule has 1 fully saturated rings. The molecule has 0 aliphatic carbocycles. The largest absolute Gasteiger partial charge is 0.325 e. The first-order chi connectivity index (χ1) is 5.79. The molecule has 1 N–H and O–H groups in total. The Hall–Kier alpha value is -1.44. The summed E-state index contributed by atoms with van der Waals surface area (Å²) in [6.07, 6.45) is 1.63. The van der Waals surface area contributed by atoms with Crippen LogP contribution in [0.1, 0.15) is 12.8 Å². The molecule has 0 saturated carbocycles. The van der Waals surface area contributed by atoms with E-state index in [4.69, 9.17) is 10.8 Å². The molecule has 1 amide bonds. The van der Waals surface area contributed by atoms with Gasteiger partial charge in [0.1, 0.15) is 12.6 Å². The first-order valence-electron chi connectivity index (χ1n) is 3.82. The number of hydrogen-bond donors (Lipinski definition) is 1. The lowest BCUT2D eigenvalue weighted by molar-refractivity contribution is -0.129. The summed E-state index contributed by atoms with van der Waals surface area (Å²) >= 11 is 0. The van der Waals surface area contributed by atoms with Gasteiger partial charge < -0.3 is 4.90 Å². The molecule has 12 heavy (non-hydrogen) atoms. The van der Waals surface area contributed by atoms with E-state index in [1.54, 1.807) is 0 Å². The standard InChI is InChI=1S/C7H10N4O/c8-4-6-2-1-3-11(6)7(12)5-10-9/h6,9H,1-3,5H2/t6-/m0/s1. The van der Waals surface area contributed by atoms with Crippen molar-refractivity contribution in [1.29, 1.82) is 10.8 Å². The average Bonchev–Trinajstić information content (AvgIpc) is 2.51. The second-order valence-corrected chi connectivity index (χ2v) is 2.69. The third kappa shape index (κ3) is 1.59. The van der Waals surface area contributed by atoms with Crippen LogP contribution < -0.4 is 0 Å². The Balaban J connectivity index is 2.56. The van der Waals surface area contributed by atoms with Crippen LogP contribution in [-0.4, -0.2) is 29.9 Å². The topological polar surface area (TPSA) is 80.3 Å². The molecule has 64 valence electrons. The summed E-state index contributed by atoms with van der Waals surface area (Å²) < 4.78 is 0. The van der Waals surface area contributed by atoms with Gasteiger partial charge in [0, 0.05) is 6.54 Å². The third-order valence-corrected chi connectivity index (χ3v) is 1.94. The molecule has 0 bridgehead atoms. The second kappa shape index (κ2) is 3.81. The van der Waals surface area contributed by atoms with Crippen LogP contribution in [0.25, 0.3) is 0 Å². The molecule has 0 spiro atoms. The van der Waals surface area contributed by atoms with Gasteiger partial charge in [-0.05, 0) is 12.8 Å². The summed E-state index contributed by atoms with van der Waals surface area (Å²) in [5, 5.41) is 11.6. The van der Waals surface area contributed by atoms with Gasteiger partial charge in [-0.3, -0.25) is 4.79 Å². The van der Waals surface area contributed by atoms with Gasteiger partial charge in [0.15, 0.2) is 0 Å². The Morgan fingerprint density at radius 1 is 1.83 bits per heavy atom. The molecular formula is C7H10N4O. The summed E-state index contributed by atoms with van der Waals surface area (Å²) in [7, 11) is 0. The number of hydrogen-bond acceptors (Lipinski definition) is 4. The number of nitrogens with one attached hydrogen (secondary N) is 1. The third-order valence-electron chi connectivity index (χ3n) is 1.94. The lowest BCUT2D eigenvalue weighted by Crippen LogP contribution is -2.35. The normalized spacial score (nSPS) is 21.9. The van der Waals surface area contributed by atoms with Crippen molar-refractivity contribution < 1.29 is 4.79 Å². The number of carbonyl (C=O) groups is 1. The molecule has 0 unspecified atom stereocenters. The summed E-state index contributed by atoms with van der Waals surface area (Å²) in [5.74, 6) is -0.214. The van der Waals surface area contributed by atoms with Crippen molar-refractivity contribution in [2.75, 3.05) is 13.1 Å². The lowest BCUT2D eigenvalue weighted by Gasteiger charge is -2.17. The fraction of sp³-hybridized carbons (Fsp3) is 0.714. The Kier molecular flexibility index (Phi) is 2.75. The van der Waals surface area contributed by atoms with Gasteiger partial charge in [0.25, 0.3) is 0 Å². The highest BCUT2D eigenvalue weighted by molar-refractivity contribution is 5.79. The first kappa shape index (κ1) is 8.65. The summed E-state index contributed by atoms with van der Waals surface area (Å²) in [6.45, 7) is 0.505. The van der Waals surface area contributed by atoms with Crippen LogP contribution in [0.2, 0.25) is 0 Å².